The van der Waals surface area contributed by atoms with Crippen molar-refractivity contribution >= 4 is 11.9 Å². The number of hydrogen-bond donors (Lipinski definition) is 1. The van der Waals surface area contributed by atoms with Crippen molar-refractivity contribution in [1.82, 2.24) is 14.5 Å². The standard InChI is InChI=1S/C19H21N3O4/c1-13-20-7-9-21(13)8-6-17(23)22-10-15-14-4-2-3-5-16(14)26-12-19(15,11-22)18(24)25/h2-5,7,9,15H,6,8,10-12H2,1H3,(H,24,25)/t15-,19-/m0/s1. The molecule has 7 nitrogen and oxygen atoms in total. The van der Waals surface area contributed by atoms with Crippen molar-refractivity contribution in [1.29, 1.82) is 0 Å². The van der Waals surface area contributed by atoms with Crippen LogP contribution in [0.2, 0.25) is 0 Å². The van der Waals surface area contributed by atoms with Gasteiger partial charge in [0.1, 0.15) is 23.6 Å². The zero-order valence-corrected chi connectivity index (χ0v) is 14.6. The minimum Gasteiger partial charge on any atom is -0.492 e. The molecule has 2 atom stereocenters. The first-order valence-electron chi connectivity index (χ1n) is 8.72. The molecule has 2 aliphatic heterocycles. The fourth-order valence-corrected chi connectivity index (χ4v) is 4.04. The van der Waals surface area contributed by atoms with E-state index in [1.165, 1.54) is 0 Å². The molecule has 3 heterocycles. The van der Waals surface area contributed by atoms with Crippen LogP contribution in [0.3, 0.4) is 0 Å². The van der Waals surface area contributed by atoms with E-state index in [1.807, 2.05) is 42.0 Å². The number of carbonyl (C=O) groups is 2. The minimum atomic E-state index is -1.07. The van der Waals surface area contributed by atoms with Crippen LogP contribution in [0, 0.1) is 12.3 Å². The number of carboxylic acid groups (broad SMARTS) is 1. The van der Waals surface area contributed by atoms with Crippen molar-refractivity contribution < 1.29 is 19.4 Å². The van der Waals surface area contributed by atoms with Gasteiger partial charge >= 0.3 is 5.97 Å². The Morgan fingerprint density at radius 1 is 1.38 bits per heavy atom. The number of amides is 1. The predicted octanol–water partition coefficient (Wildman–Crippen LogP) is 1.67. The number of nitrogens with zero attached hydrogens (tertiary/aromatic N) is 3. The van der Waals surface area contributed by atoms with Gasteiger partial charge < -0.3 is 19.3 Å². The Labute approximate surface area is 151 Å². The van der Waals surface area contributed by atoms with Gasteiger partial charge in [-0.2, -0.15) is 0 Å². The van der Waals surface area contributed by atoms with Gasteiger partial charge in [0, 0.05) is 49.9 Å². The maximum atomic E-state index is 12.7. The highest BCUT2D eigenvalue weighted by Gasteiger charge is 2.57. The van der Waals surface area contributed by atoms with E-state index in [4.69, 9.17) is 4.74 Å². The van der Waals surface area contributed by atoms with Crippen LogP contribution in [-0.4, -0.2) is 51.1 Å². The molecule has 1 saturated heterocycles. The van der Waals surface area contributed by atoms with E-state index >= 15 is 0 Å². The summed E-state index contributed by atoms with van der Waals surface area (Å²) < 4.78 is 7.66. The van der Waals surface area contributed by atoms with Gasteiger partial charge in [0.2, 0.25) is 5.91 Å². The van der Waals surface area contributed by atoms with Crippen LogP contribution in [0.1, 0.15) is 23.7 Å². The summed E-state index contributed by atoms with van der Waals surface area (Å²) in [5.41, 5.74) is -0.198. The maximum Gasteiger partial charge on any atom is 0.315 e. The van der Waals surface area contributed by atoms with Crippen LogP contribution >= 0.6 is 0 Å². The lowest BCUT2D eigenvalue weighted by Gasteiger charge is -2.35. The molecular weight excluding hydrogens is 334 g/mol. The number of hydrogen-bond acceptors (Lipinski definition) is 4. The van der Waals surface area contributed by atoms with Crippen molar-refractivity contribution in [3.05, 3.63) is 48.0 Å². The van der Waals surface area contributed by atoms with Crippen molar-refractivity contribution in [3.8, 4) is 5.75 Å². The number of aliphatic carboxylic acids is 1. The second kappa shape index (κ2) is 6.16. The highest BCUT2D eigenvalue weighted by atomic mass is 16.5. The third kappa shape index (κ3) is 2.55. The van der Waals surface area contributed by atoms with Gasteiger partial charge in [0.05, 0.1) is 0 Å². The predicted molar refractivity (Wildman–Crippen MR) is 92.9 cm³/mol. The minimum absolute atomic E-state index is 0.0365. The monoisotopic (exact) mass is 355 g/mol. The molecule has 136 valence electrons. The molecule has 4 rings (SSSR count). The van der Waals surface area contributed by atoms with Gasteiger partial charge in [-0.05, 0) is 13.0 Å². The Morgan fingerprint density at radius 2 is 2.19 bits per heavy atom. The zero-order chi connectivity index (χ0) is 18.3. The van der Waals surface area contributed by atoms with Crippen LogP contribution < -0.4 is 4.74 Å². The molecule has 1 N–H and O–H groups in total. The highest BCUT2D eigenvalue weighted by Crippen LogP contribution is 2.49. The Hall–Kier alpha value is -2.83. The summed E-state index contributed by atoms with van der Waals surface area (Å²) in [6.45, 7) is 3.12. The molecule has 1 fully saturated rings. The summed E-state index contributed by atoms with van der Waals surface area (Å²) in [4.78, 5) is 30.7. The Balaban J connectivity index is 1.55. The van der Waals surface area contributed by atoms with Crippen molar-refractivity contribution in [2.45, 2.75) is 25.8 Å². The van der Waals surface area contributed by atoms with E-state index in [-0.39, 0.29) is 25.0 Å². The van der Waals surface area contributed by atoms with E-state index in [0.717, 1.165) is 17.1 Å². The lowest BCUT2D eigenvalue weighted by molar-refractivity contribution is -0.152. The van der Waals surface area contributed by atoms with E-state index in [0.29, 0.717) is 19.5 Å². The second-order valence-electron chi connectivity index (χ2n) is 7.03. The number of aryl methyl sites for hydroxylation is 2. The number of ether oxygens (including phenoxy) is 1. The first kappa shape index (κ1) is 16.6. The highest BCUT2D eigenvalue weighted by molar-refractivity contribution is 5.82. The van der Waals surface area contributed by atoms with Crippen molar-refractivity contribution in [2.75, 3.05) is 19.7 Å². The summed E-state index contributed by atoms with van der Waals surface area (Å²) in [5.74, 6) is 0.391. The van der Waals surface area contributed by atoms with E-state index < -0.39 is 11.4 Å². The molecule has 2 aliphatic rings. The average Bonchev–Trinajstić information content (AvgIpc) is 3.24. The lowest BCUT2D eigenvalue weighted by atomic mass is 9.73. The third-order valence-corrected chi connectivity index (χ3v) is 5.59. The van der Waals surface area contributed by atoms with Crippen LogP contribution in [-0.2, 0) is 16.1 Å². The number of benzene rings is 1. The summed E-state index contributed by atoms with van der Waals surface area (Å²) in [5, 5.41) is 9.91. The topological polar surface area (TPSA) is 84.7 Å². The molecule has 26 heavy (non-hydrogen) atoms. The molecule has 0 radical (unpaired) electrons. The number of carbonyl (C=O) groups excluding carboxylic acids is 1. The Morgan fingerprint density at radius 3 is 2.92 bits per heavy atom. The zero-order valence-electron chi connectivity index (χ0n) is 14.6. The molecule has 1 aromatic heterocycles. The van der Waals surface area contributed by atoms with E-state index in [1.54, 1.807) is 11.1 Å². The van der Waals surface area contributed by atoms with Crippen LogP contribution in [0.4, 0.5) is 0 Å². The quantitative estimate of drug-likeness (QED) is 0.902. The van der Waals surface area contributed by atoms with Crippen LogP contribution in [0.5, 0.6) is 5.75 Å². The van der Waals surface area contributed by atoms with Crippen molar-refractivity contribution in [2.24, 2.45) is 5.41 Å². The van der Waals surface area contributed by atoms with Gasteiger partial charge in [0.15, 0.2) is 0 Å². The molecule has 0 unspecified atom stereocenters. The molecule has 0 aliphatic carbocycles. The van der Waals surface area contributed by atoms with Gasteiger partial charge in [-0.1, -0.05) is 18.2 Å². The molecule has 0 bridgehead atoms. The number of likely N-dealkylation sites (tertiary alicyclic amines) is 1. The number of para-hydroxylation sites is 1. The van der Waals surface area contributed by atoms with Gasteiger partial charge in [-0.25, -0.2) is 4.98 Å². The smallest absolute Gasteiger partial charge is 0.315 e. The third-order valence-electron chi connectivity index (χ3n) is 5.59. The number of imidazole rings is 1. The summed E-state index contributed by atoms with van der Waals surface area (Å²) in [6.07, 6.45) is 3.87. The van der Waals surface area contributed by atoms with Gasteiger partial charge in [-0.3, -0.25) is 9.59 Å². The first-order valence-corrected chi connectivity index (χ1v) is 8.72. The van der Waals surface area contributed by atoms with Crippen LogP contribution in [0.25, 0.3) is 0 Å². The summed E-state index contributed by atoms with van der Waals surface area (Å²) in [6, 6.07) is 7.51. The molecule has 1 aromatic carbocycles. The summed E-state index contributed by atoms with van der Waals surface area (Å²) >= 11 is 0. The summed E-state index contributed by atoms with van der Waals surface area (Å²) in [7, 11) is 0. The largest absolute Gasteiger partial charge is 0.492 e. The van der Waals surface area contributed by atoms with E-state index in [2.05, 4.69) is 4.98 Å². The number of carboxylic acids is 1. The molecule has 1 amide bonds. The molecule has 2 aromatic rings. The number of fused-ring (bicyclic) bond motifs is 3. The number of rotatable bonds is 4. The van der Waals surface area contributed by atoms with Gasteiger partial charge in [-0.15, -0.1) is 0 Å². The fraction of sp³-hybridized carbons (Fsp3) is 0.421. The Kier molecular flexibility index (Phi) is 3.94. The molecular formula is C19H21N3O4. The van der Waals surface area contributed by atoms with Crippen molar-refractivity contribution in [3.63, 3.8) is 0 Å². The second-order valence-corrected chi connectivity index (χ2v) is 7.03. The Bertz CT molecular complexity index is 862. The molecule has 0 spiro atoms. The molecule has 7 heteroatoms. The lowest BCUT2D eigenvalue weighted by Crippen LogP contribution is -2.46. The maximum absolute atomic E-state index is 12.7. The number of aromatic nitrogens is 2. The van der Waals surface area contributed by atoms with Crippen LogP contribution in [0.15, 0.2) is 36.7 Å². The fourth-order valence-electron chi connectivity index (χ4n) is 4.04. The normalized spacial score (nSPS) is 23.9. The van der Waals surface area contributed by atoms with E-state index in [9.17, 15) is 14.7 Å². The molecule has 0 saturated carbocycles. The SMILES string of the molecule is Cc1nccn1CCC(=O)N1C[C@H]2c3ccccc3OC[C@@]2(C(=O)O)C1. The van der Waals surface area contributed by atoms with Gasteiger partial charge in [0.25, 0.3) is 0 Å². The first-order chi connectivity index (χ1) is 12.5. The average molecular weight is 355 g/mol.